The maximum absolute atomic E-state index is 5.52. The van der Waals surface area contributed by atoms with E-state index in [1.807, 2.05) is 0 Å². The van der Waals surface area contributed by atoms with E-state index in [2.05, 4.69) is 37.9 Å². The van der Waals surface area contributed by atoms with Gasteiger partial charge < -0.3 is 15.4 Å². The lowest BCUT2D eigenvalue weighted by atomic mass is 10.0. The third-order valence-electron chi connectivity index (χ3n) is 3.40. The van der Waals surface area contributed by atoms with Crippen LogP contribution in [-0.4, -0.2) is 38.7 Å². The van der Waals surface area contributed by atoms with Crippen LogP contribution < -0.4 is 10.5 Å². The van der Waals surface area contributed by atoms with Crippen molar-refractivity contribution >= 4 is 0 Å². The van der Waals surface area contributed by atoms with Crippen molar-refractivity contribution in [1.29, 1.82) is 0 Å². The monoisotopic (exact) mass is 250 g/mol. The van der Waals surface area contributed by atoms with Crippen LogP contribution in [0.25, 0.3) is 0 Å². The number of aryl methyl sites for hydroxylation is 2. The lowest BCUT2D eigenvalue weighted by molar-refractivity contribution is 0.332. The van der Waals surface area contributed by atoms with Gasteiger partial charge >= 0.3 is 0 Å². The Kier molecular flexibility index (Phi) is 6.16. The normalized spacial score (nSPS) is 11.0. The van der Waals surface area contributed by atoms with Gasteiger partial charge in [-0.25, -0.2) is 0 Å². The fourth-order valence-electron chi connectivity index (χ4n) is 2.02. The maximum atomic E-state index is 5.52. The molecule has 0 heterocycles. The van der Waals surface area contributed by atoms with Crippen LogP contribution in [0.5, 0.6) is 5.75 Å². The Morgan fingerprint density at radius 3 is 2.44 bits per heavy atom. The second-order valence-corrected chi connectivity index (χ2v) is 4.94. The topological polar surface area (TPSA) is 38.5 Å². The highest BCUT2D eigenvalue weighted by Gasteiger charge is 2.07. The number of ether oxygens (including phenoxy) is 1. The lowest BCUT2D eigenvalue weighted by Crippen LogP contribution is -2.24. The Morgan fingerprint density at radius 1 is 1.17 bits per heavy atom. The van der Waals surface area contributed by atoms with Crippen LogP contribution in [-0.2, 0) is 6.42 Å². The Labute approximate surface area is 111 Å². The quantitative estimate of drug-likeness (QED) is 0.805. The smallest absolute Gasteiger partial charge is 0.122 e. The summed E-state index contributed by atoms with van der Waals surface area (Å²) >= 11 is 0. The summed E-state index contributed by atoms with van der Waals surface area (Å²) < 4.78 is 5.46. The number of nitrogens with two attached hydrogens (primary N) is 1. The SMILES string of the molecule is COc1cc(C)c(C)cc1CCN(C)CCCN. The maximum Gasteiger partial charge on any atom is 0.122 e. The van der Waals surface area contributed by atoms with Crippen LogP contribution in [0.3, 0.4) is 0 Å². The molecule has 102 valence electrons. The summed E-state index contributed by atoms with van der Waals surface area (Å²) in [6.45, 7) is 7.13. The zero-order valence-corrected chi connectivity index (χ0v) is 12.1. The number of nitrogens with zero attached hydrogens (tertiary/aromatic N) is 1. The molecule has 0 saturated heterocycles. The van der Waals surface area contributed by atoms with Crippen molar-refractivity contribution < 1.29 is 4.74 Å². The molecule has 3 heteroatoms. The fraction of sp³-hybridized carbons (Fsp3) is 0.600. The van der Waals surface area contributed by atoms with Crippen LogP contribution in [0.1, 0.15) is 23.1 Å². The molecule has 0 radical (unpaired) electrons. The average Bonchev–Trinajstić information content (AvgIpc) is 2.37. The largest absolute Gasteiger partial charge is 0.496 e. The average molecular weight is 250 g/mol. The van der Waals surface area contributed by atoms with E-state index in [4.69, 9.17) is 10.5 Å². The highest BCUT2D eigenvalue weighted by molar-refractivity contribution is 5.41. The third-order valence-corrected chi connectivity index (χ3v) is 3.40. The van der Waals surface area contributed by atoms with E-state index in [-0.39, 0.29) is 0 Å². The molecule has 2 N–H and O–H groups in total. The van der Waals surface area contributed by atoms with Crippen molar-refractivity contribution in [2.24, 2.45) is 5.73 Å². The Bertz CT molecular complexity index is 377. The first-order valence-electron chi connectivity index (χ1n) is 6.61. The van der Waals surface area contributed by atoms with Gasteiger partial charge in [-0.2, -0.15) is 0 Å². The van der Waals surface area contributed by atoms with Gasteiger partial charge in [0.05, 0.1) is 7.11 Å². The van der Waals surface area contributed by atoms with E-state index in [1.54, 1.807) is 7.11 Å². The summed E-state index contributed by atoms with van der Waals surface area (Å²) in [4.78, 5) is 2.32. The Balaban J connectivity index is 2.63. The Hall–Kier alpha value is -1.06. The van der Waals surface area contributed by atoms with Gasteiger partial charge in [-0.1, -0.05) is 6.07 Å². The first kappa shape index (κ1) is 15.0. The number of methoxy groups -OCH3 is 1. The molecule has 0 aliphatic heterocycles. The number of benzene rings is 1. The minimum atomic E-state index is 0.761. The zero-order valence-electron chi connectivity index (χ0n) is 12.1. The van der Waals surface area contributed by atoms with Gasteiger partial charge in [0, 0.05) is 6.54 Å². The molecule has 3 nitrogen and oxygen atoms in total. The number of hydrogen-bond donors (Lipinski definition) is 1. The van der Waals surface area contributed by atoms with Gasteiger partial charge in [0.1, 0.15) is 5.75 Å². The summed E-state index contributed by atoms with van der Waals surface area (Å²) in [5.41, 5.74) is 9.42. The number of likely N-dealkylation sites (N-methyl/N-ethyl adjacent to an activating group) is 1. The van der Waals surface area contributed by atoms with Gasteiger partial charge in [0.2, 0.25) is 0 Å². The fourth-order valence-corrected chi connectivity index (χ4v) is 2.02. The van der Waals surface area contributed by atoms with Crippen LogP contribution >= 0.6 is 0 Å². The van der Waals surface area contributed by atoms with Gasteiger partial charge in [-0.05, 0) is 69.6 Å². The predicted octanol–water partition coefficient (Wildman–Crippen LogP) is 2.14. The molecule has 0 bridgehead atoms. The van der Waals surface area contributed by atoms with Gasteiger partial charge in [0.15, 0.2) is 0 Å². The van der Waals surface area contributed by atoms with E-state index >= 15 is 0 Å². The zero-order chi connectivity index (χ0) is 13.5. The molecule has 0 unspecified atom stereocenters. The first-order chi connectivity index (χ1) is 8.58. The van der Waals surface area contributed by atoms with Crippen molar-refractivity contribution in [2.45, 2.75) is 26.7 Å². The third kappa shape index (κ3) is 4.31. The van der Waals surface area contributed by atoms with Gasteiger partial charge in [-0.3, -0.25) is 0 Å². The van der Waals surface area contributed by atoms with E-state index in [1.165, 1.54) is 16.7 Å². The molecular formula is C15H26N2O. The van der Waals surface area contributed by atoms with Crippen molar-refractivity contribution in [3.8, 4) is 5.75 Å². The van der Waals surface area contributed by atoms with Crippen molar-refractivity contribution in [3.63, 3.8) is 0 Å². The first-order valence-corrected chi connectivity index (χ1v) is 6.61. The second kappa shape index (κ2) is 7.39. The van der Waals surface area contributed by atoms with Crippen LogP contribution in [0.15, 0.2) is 12.1 Å². The minimum absolute atomic E-state index is 0.761. The molecule has 1 aromatic rings. The molecule has 0 aromatic heterocycles. The minimum Gasteiger partial charge on any atom is -0.496 e. The van der Waals surface area contributed by atoms with E-state index in [0.717, 1.165) is 38.2 Å². The summed E-state index contributed by atoms with van der Waals surface area (Å²) in [6, 6.07) is 4.37. The predicted molar refractivity (Wildman–Crippen MR) is 77.3 cm³/mol. The molecule has 1 rings (SSSR count). The number of rotatable bonds is 7. The summed E-state index contributed by atoms with van der Waals surface area (Å²) in [5.74, 6) is 1.00. The van der Waals surface area contributed by atoms with Crippen molar-refractivity contribution in [2.75, 3.05) is 33.8 Å². The highest BCUT2D eigenvalue weighted by atomic mass is 16.5. The standard InChI is InChI=1S/C15H26N2O/c1-12-10-14(15(18-4)11-13(12)2)6-9-17(3)8-5-7-16/h10-11H,5-9,16H2,1-4H3. The lowest BCUT2D eigenvalue weighted by Gasteiger charge is -2.18. The summed E-state index contributed by atoms with van der Waals surface area (Å²) in [6.07, 6.45) is 2.08. The molecule has 0 atom stereocenters. The highest BCUT2D eigenvalue weighted by Crippen LogP contribution is 2.23. The summed E-state index contributed by atoms with van der Waals surface area (Å²) in [7, 11) is 3.88. The van der Waals surface area contributed by atoms with E-state index in [0.29, 0.717) is 0 Å². The molecule has 0 spiro atoms. The van der Waals surface area contributed by atoms with Crippen LogP contribution in [0, 0.1) is 13.8 Å². The summed E-state index contributed by atoms with van der Waals surface area (Å²) in [5, 5.41) is 0. The molecule has 1 aromatic carbocycles. The van der Waals surface area contributed by atoms with Crippen LogP contribution in [0.4, 0.5) is 0 Å². The van der Waals surface area contributed by atoms with Gasteiger partial charge in [-0.15, -0.1) is 0 Å². The molecule has 0 saturated carbocycles. The van der Waals surface area contributed by atoms with Gasteiger partial charge in [0.25, 0.3) is 0 Å². The molecule has 0 aliphatic carbocycles. The Morgan fingerprint density at radius 2 is 1.83 bits per heavy atom. The van der Waals surface area contributed by atoms with Crippen LogP contribution in [0.2, 0.25) is 0 Å². The molecular weight excluding hydrogens is 224 g/mol. The number of hydrogen-bond acceptors (Lipinski definition) is 3. The van der Waals surface area contributed by atoms with E-state index < -0.39 is 0 Å². The molecule has 0 fully saturated rings. The molecule has 0 amide bonds. The second-order valence-electron chi connectivity index (χ2n) is 4.94. The molecule has 18 heavy (non-hydrogen) atoms. The van der Waals surface area contributed by atoms with Crippen molar-refractivity contribution in [3.05, 3.63) is 28.8 Å². The van der Waals surface area contributed by atoms with E-state index in [9.17, 15) is 0 Å². The molecule has 0 aliphatic rings. The van der Waals surface area contributed by atoms with Crippen molar-refractivity contribution in [1.82, 2.24) is 4.90 Å².